The van der Waals surface area contributed by atoms with Crippen molar-refractivity contribution in [3.8, 4) is 11.8 Å². The monoisotopic (exact) mass is 116 g/mol. The molecule has 0 heterocycles. The Kier molecular flexibility index (Phi) is 2.50. The quantitative estimate of drug-likeness (QED) is 0.501. The Labute approximate surface area is 48.5 Å². The summed E-state index contributed by atoms with van der Waals surface area (Å²) in [7, 11) is 0. The van der Waals surface area contributed by atoms with Crippen molar-refractivity contribution >= 4 is 0 Å². The Morgan fingerprint density at radius 3 is 2.38 bits per heavy atom. The van der Waals surface area contributed by atoms with Gasteiger partial charge in [-0.3, -0.25) is 0 Å². The van der Waals surface area contributed by atoms with Crippen LogP contribution in [0.2, 0.25) is 0 Å². The first kappa shape index (κ1) is 7.45. The highest BCUT2D eigenvalue weighted by Crippen LogP contribution is 1.99. The summed E-state index contributed by atoms with van der Waals surface area (Å²) in [5.41, 5.74) is -1.44. The van der Waals surface area contributed by atoms with Gasteiger partial charge in [0, 0.05) is 0 Å². The molecule has 0 aliphatic heterocycles. The molecule has 0 fully saturated rings. The van der Waals surface area contributed by atoms with Gasteiger partial charge in [0.1, 0.15) is 6.67 Å². The number of rotatable bonds is 1. The van der Waals surface area contributed by atoms with Crippen LogP contribution in [0.4, 0.5) is 4.39 Å². The van der Waals surface area contributed by atoms with E-state index in [0.717, 1.165) is 0 Å². The molecule has 1 N–H and O–H groups in total. The molecule has 0 bridgehead atoms. The molecule has 46 valence electrons. The lowest BCUT2D eigenvalue weighted by atomic mass is 10.1. The fourth-order valence-corrected chi connectivity index (χ4v) is 0.303. The Bertz CT molecular complexity index is 118. The van der Waals surface area contributed by atoms with Crippen LogP contribution in [0.15, 0.2) is 0 Å². The zero-order chi connectivity index (χ0) is 6.62. The maximum Gasteiger partial charge on any atom is 0.150 e. The summed E-state index contributed by atoms with van der Waals surface area (Å²) in [4.78, 5) is 0. The molecule has 1 atom stereocenters. The zero-order valence-corrected chi connectivity index (χ0v) is 5.03. The van der Waals surface area contributed by atoms with Crippen LogP contribution in [0.5, 0.6) is 0 Å². The molecule has 0 amide bonds. The molecule has 1 unspecified atom stereocenters. The summed E-state index contributed by atoms with van der Waals surface area (Å²) in [5, 5.41) is 8.77. The minimum absolute atomic E-state index is 0.812. The molecule has 0 aromatic carbocycles. The first-order valence-electron chi connectivity index (χ1n) is 2.34. The number of alkyl halides is 1. The van der Waals surface area contributed by atoms with Gasteiger partial charge in [-0.1, -0.05) is 5.92 Å². The molecule has 0 saturated carbocycles. The molecule has 2 heteroatoms. The first-order valence-corrected chi connectivity index (χ1v) is 2.34. The molecule has 0 saturated heterocycles. The number of halogens is 1. The highest BCUT2D eigenvalue weighted by molar-refractivity contribution is 5.09. The lowest BCUT2D eigenvalue weighted by Crippen LogP contribution is -2.23. The van der Waals surface area contributed by atoms with E-state index in [1.54, 1.807) is 6.92 Å². The molecule has 0 spiro atoms. The van der Waals surface area contributed by atoms with E-state index in [2.05, 4.69) is 11.8 Å². The van der Waals surface area contributed by atoms with E-state index < -0.39 is 12.3 Å². The van der Waals surface area contributed by atoms with E-state index in [1.807, 2.05) is 0 Å². The average Bonchev–Trinajstić information content (AvgIpc) is 1.67. The molecular weight excluding hydrogens is 107 g/mol. The van der Waals surface area contributed by atoms with Gasteiger partial charge in [0.05, 0.1) is 0 Å². The van der Waals surface area contributed by atoms with Crippen molar-refractivity contribution in [3.63, 3.8) is 0 Å². The van der Waals surface area contributed by atoms with Crippen molar-refractivity contribution < 1.29 is 9.50 Å². The smallest absolute Gasteiger partial charge is 0.150 e. The summed E-state index contributed by atoms with van der Waals surface area (Å²) >= 11 is 0. The molecular formula is C6H9FO. The van der Waals surface area contributed by atoms with Crippen molar-refractivity contribution in [2.45, 2.75) is 19.4 Å². The fourth-order valence-electron chi connectivity index (χ4n) is 0.303. The van der Waals surface area contributed by atoms with Crippen molar-refractivity contribution in [2.75, 3.05) is 6.67 Å². The Morgan fingerprint density at radius 2 is 2.25 bits per heavy atom. The van der Waals surface area contributed by atoms with Gasteiger partial charge in [-0.15, -0.1) is 5.92 Å². The SMILES string of the molecule is CC#CC(C)(O)CF. The third kappa shape index (κ3) is 2.59. The van der Waals surface area contributed by atoms with Crippen molar-refractivity contribution in [3.05, 3.63) is 0 Å². The highest BCUT2D eigenvalue weighted by atomic mass is 19.1. The maximum absolute atomic E-state index is 11.6. The number of hydrogen-bond acceptors (Lipinski definition) is 1. The standard InChI is InChI=1S/C6H9FO/c1-3-4-6(2,8)5-7/h8H,5H2,1-2H3. The lowest BCUT2D eigenvalue weighted by molar-refractivity contribution is 0.0905. The second kappa shape index (κ2) is 2.68. The van der Waals surface area contributed by atoms with E-state index >= 15 is 0 Å². The van der Waals surface area contributed by atoms with Gasteiger partial charge in [0.25, 0.3) is 0 Å². The average molecular weight is 116 g/mol. The Hall–Kier alpha value is -0.550. The van der Waals surface area contributed by atoms with Crippen LogP contribution in [0.1, 0.15) is 13.8 Å². The summed E-state index contributed by atoms with van der Waals surface area (Å²) in [5.74, 6) is 4.72. The van der Waals surface area contributed by atoms with Crippen molar-refractivity contribution in [2.24, 2.45) is 0 Å². The highest BCUT2D eigenvalue weighted by Gasteiger charge is 2.14. The lowest BCUT2D eigenvalue weighted by Gasteiger charge is -2.08. The van der Waals surface area contributed by atoms with Crippen LogP contribution in [0.25, 0.3) is 0 Å². The summed E-state index contributed by atoms with van der Waals surface area (Å²) in [6.07, 6.45) is 0. The summed E-state index contributed by atoms with van der Waals surface area (Å²) in [6.45, 7) is 2.08. The van der Waals surface area contributed by atoms with Gasteiger partial charge < -0.3 is 5.11 Å². The van der Waals surface area contributed by atoms with Crippen LogP contribution < -0.4 is 0 Å². The van der Waals surface area contributed by atoms with Gasteiger partial charge in [0.2, 0.25) is 0 Å². The Balaban J connectivity index is 3.85. The van der Waals surface area contributed by atoms with Crippen molar-refractivity contribution in [1.29, 1.82) is 0 Å². The van der Waals surface area contributed by atoms with E-state index in [9.17, 15) is 4.39 Å². The number of hydrogen-bond donors (Lipinski definition) is 1. The Morgan fingerprint density at radius 1 is 1.75 bits per heavy atom. The second-order valence-corrected chi connectivity index (χ2v) is 1.78. The second-order valence-electron chi connectivity index (χ2n) is 1.78. The van der Waals surface area contributed by atoms with Gasteiger partial charge in [-0.05, 0) is 13.8 Å². The third-order valence-electron chi connectivity index (χ3n) is 0.654. The van der Waals surface area contributed by atoms with Crippen molar-refractivity contribution in [1.82, 2.24) is 0 Å². The zero-order valence-electron chi connectivity index (χ0n) is 5.03. The van der Waals surface area contributed by atoms with E-state index in [4.69, 9.17) is 5.11 Å². The van der Waals surface area contributed by atoms with E-state index in [0.29, 0.717) is 0 Å². The third-order valence-corrected chi connectivity index (χ3v) is 0.654. The normalized spacial score (nSPS) is 16.0. The topological polar surface area (TPSA) is 20.2 Å². The van der Waals surface area contributed by atoms with Crippen LogP contribution in [-0.4, -0.2) is 17.4 Å². The van der Waals surface area contributed by atoms with Crippen LogP contribution in [0.3, 0.4) is 0 Å². The molecule has 0 aliphatic rings. The van der Waals surface area contributed by atoms with Gasteiger partial charge in [-0.25, -0.2) is 4.39 Å². The number of aliphatic hydroxyl groups is 1. The molecule has 0 aromatic rings. The predicted octanol–water partition coefficient (Wildman–Crippen LogP) is 0.730. The van der Waals surface area contributed by atoms with E-state index in [-0.39, 0.29) is 0 Å². The summed E-state index contributed by atoms with van der Waals surface area (Å²) < 4.78 is 11.6. The van der Waals surface area contributed by atoms with Gasteiger partial charge in [-0.2, -0.15) is 0 Å². The van der Waals surface area contributed by atoms with E-state index in [1.165, 1.54) is 6.92 Å². The minimum atomic E-state index is -1.44. The van der Waals surface area contributed by atoms with Gasteiger partial charge in [0.15, 0.2) is 5.60 Å². The minimum Gasteiger partial charge on any atom is -0.375 e. The fraction of sp³-hybridized carbons (Fsp3) is 0.667. The molecule has 0 aromatic heterocycles. The largest absolute Gasteiger partial charge is 0.375 e. The molecule has 0 rings (SSSR count). The van der Waals surface area contributed by atoms with Crippen LogP contribution in [-0.2, 0) is 0 Å². The molecule has 8 heavy (non-hydrogen) atoms. The molecule has 0 aliphatic carbocycles. The first-order chi connectivity index (χ1) is 3.62. The summed E-state index contributed by atoms with van der Waals surface area (Å²) in [6, 6.07) is 0. The maximum atomic E-state index is 11.6. The molecule has 1 nitrogen and oxygen atoms in total. The van der Waals surface area contributed by atoms with Gasteiger partial charge >= 0.3 is 0 Å². The molecule has 0 radical (unpaired) electrons. The predicted molar refractivity (Wildman–Crippen MR) is 30.0 cm³/mol. The van der Waals surface area contributed by atoms with Crippen LogP contribution >= 0.6 is 0 Å². The van der Waals surface area contributed by atoms with Crippen LogP contribution in [0, 0.1) is 11.8 Å².